The lowest BCUT2D eigenvalue weighted by molar-refractivity contribution is -0.142. The van der Waals surface area contributed by atoms with E-state index in [9.17, 15) is 4.79 Å². The predicted octanol–water partition coefficient (Wildman–Crippen LogP) is 1.98. The highest BCUT2D eigenvalue weighted by Crippen LogP contribution is 2.24. The maximum Gasteiger partial charge on any atom is 0.323 e. The monoisotopic (exact) mass is 274 g/mol. The largest absolute Gasteiger partial charge is 0.468 e. The normalized spacial score (nSPS) is 12.2. The molecule has 0 aliphatic carbocycles. The van der Waals surface area contributed by atoms with E-state index in [1.165, 1.54) is 18.9 Å². The second kappa shape index (κ2) is 7.53. The van der Waals surface area contributed by atoms with Gasteiger partial charge in [-0.15, -0.1) is 11.8 Å². The van der Waals surface area contributed by atoms with Crippen LogP contribution in [0.5, 0.6) is 0 Å². The van der Waals surface area contributed by atoms with Gasteiger partial charge in [0.15, 0.2) is 0 Å². The Bertz CT molecular complexity index is 376. The summed E-state index contributed by atoms with van der Waals surface area (Å²) in [7, 11) is 1.38. The summed E-state index contributed by atoms with van der Waals surface area (Å²) in [6, 6.07) is 3.21. The molecule has 94 valence electrons. The van der Waals surface area contributed by atoms with Crippen LogP contribution < -0.4 is 5.32 Å². The topological polar surface area (TPSA) is 51.2 Å². The molecule has 0 amide bonds. The molecule has 1 N–H and O–H groups in total. The van der Waals surface area contributed by atoms with Crippen LogP contribution in [0.25, 0.3) is 0 Å². The van der Waals surface area contributed by atoms with Crippen molar-refractivity contribution in [3.63, 3.8) is 0 Å². The van der Waals surface area contributed by atoms with E-state index in [0.29, 0.717) is 17.3 Å². The molecule has 0 aliphatic rings. The zero-order valence-corrected chi connectivity index (χ0v) is 11.3. The van der Waals surface area contributed by atoms with Crippen LogP contribution in [0.4, 0.5) is 0 Å². The number of hydrogen-bond acceptors (Lipinski definition) is 5. The Hall–Kier alpha value is -0.780. The third-order valence-electron chi connectivity index (χ3n) is 2.05. The van der Waals surface area contributed by atoms with E-state index < -0.39 is 0 Å². The first-order valence-electron chi connectivity index (χ1n) is 5.23. The zero-order valence-electron chi connectivity index (χ0n) is 9.77. The summed E-state index contributed by atoms with van der Waals surface area (Å²) in [6.07, 6.45) is 1.68. The Morgan fingerprint density at radius 3 is 3.06 bits per heavy atom. The maximum atomic E-state index is 11.5. The van der Waals surface area contributed by atoms with Crippen molar-refractivity contribution >= 4 is 29.3 Å². The Kier molecular flexibility index (Phi) is 6.32. The summed E-state index contributed by atoms with van der Waals surface area (Å²) in [6.45, 7) is 2.64. The molecule has 0 saturated carbocycles. The quantitative estimate of drug-likeness (QED) is 0.635. The van der Waals surface area contributed by atoms with E-state index in [-0.39, 0.29) is 12.0 Å². The highest BCUT2D eigenvalue weighted by atomic mass is 35.5. The number of rotatable bonds is 6. The first-order valence-corrected chi connectivity index (χ1v) is 6.60. The summed E-state index contributed by atoms with van der Waals surface area (Å²) in [5, 5.41) is 4.37. The summed E-state index contributed by atoms with van der Waals surface area (Å²) in [5.41, 5.74) is 0. The van der Waals surface area contributed by atoms with Crippen molar-refractivity contribution < 1.29 is 9.53 Å². The average Bonchev–Trinajstić information content (AvgIpc) is 2.35. The number of esters is 1. The van der Waals surface area contributed by atoms with Crippen LogP contribution in [0.3, 0.4) is 0 Å². The minimum atomic E-state index is -0.340. The van der Waals surface area contributed by atoms with Crippen LogP contribution in [0, 0.1) is 0 Å². The fourth-order valence-corrected chi connectivity index (χ4v) is 2.44. The standard InChI is InChI=1S/C11H15ClN2O2S/c1-3-13-9(11(15)16-2)7-17-10-8(12)5-4-6-14-10/h4-6,9,13H,3,7H2,1-2H3. The Labute approximate surface area is 110 Å². The maximum absolute atomic E-state index is 11.5. The average molecular weight is 275 g/mol. The number of carbonyl (C=O) groups excluding carboxylic acids is 1. The highest BCUT2D eigenvalue weighted by Gasteiger charge is 2.18. The van der Waals surface area contributed by atoms with Gasteiger partial charge in [0.2, 0.25) is 0 Å². The van der Waals surface area contributed by atoms with Gasteiger partial charge in [0.05, 0.1) is 12.1 Å². The zero-order chi connectivity index (χ0) is 12.7. The Morgan fingerprint density at radius 1 is 1.71 bits per heavy atom. The van der Waals surface area contributed by atoms with Gasteiger partial charge >= 0.3 is 5.97 Å². The van der Waals surface area contributed by atoms with E-state index in [0.717, 1.165) is 5.03 Å². The van der Waals surface area contributed by atoms with Crippen molar-refractivity contribution in [2.24, 2.45) is 0 Å². The summed E-state index contributed by atoms with van der Waals surface area (Å²) < 4.78 is 4.72. The number of halogens is 1. The van der Waals surface area contributed by atoms with Gasteiger partial charge in [-0.1, -0.05) is 18.5 Å². The van der Waals surface area contributed by atoms with Gasteiger partial charge in [-0.25, -0.2) is 4.98 Å². The number of likely N-dealkylation sites (N-methyl/N-ethyl adjacent to an activating group) is 1. The van der Waals surface area contributed by atoms with E-state index >= 15 is 0 Å². The van der Waals surface area contributed by atoms with Gasteiger partial charge in [-0.3, -0.25) is 4.79 Å². The number of pyridine rings is 1. The van der Waals surface area contributed by atoms with Crippen molar-refractivity contribution in [3.8, 4) is 0 Å². The number of nitrogens with one attached hydrogen (secondary N) is 1. The van der Waals surface area contributed by atoms with Gasteiger partial charge in [0, 0.05) is 11.9 Å². The number of thioether (sulfide) groups is 1. The molecule has 1 unspecified atom stereocenters. The van der Waals surface area contributed by atoms with E-state index in [2.05, 4.69) is 10.3 Å². The third kappa shape index (κ3) is 4.53. The number of ether oxygens (including phenoxy) is 1. The van der Waals surface area contributed by atoms with Crippen molar-refractivity contribution in [1.29, 1.82) is 0 Å². The molecular formula is C11H15ClN2O2S. The molecule has 0 fully saturated rings. The van der Waals surface area contributed by atoms with Gasteiger partial charge in [0.25, 0.3) is 0 Å². The third-order valence-corrected chi connectivity index (χ3v) is 3.56. The van der Waals surface area contributed by atoms with Crippen LogP contribution in [0.15, 0.2) is 23.4 Å². The van der Waals surface area contributed by atoms with E-state index in [1.807, 2.05) is 6.92 Å². The smallest absolute Gasteiger partial charge is 0.323 e. The lowest BCUT2D eigenvalue weighted by Gasteiger charge is -2.14. The number of carbonyl (C=O) groups is 1. The molecule has 0 saturated heterocycles. The van der Waals surface area contributed by atoms with Crippen molar-refractivity contribution in [2.45, 2.75) is 18.0 Å². The Morgan fingerprint density at radius 2 is 2.47 bits per heavy atom. The van der Waals surface area contributed by atoms with Crippen molar-refractivity contribution in [1.82, 2.24) is 10.3 Å². The molecule has 0 spiro atoms. The second-order valence-corrected chi connectivity index (χ2v) is 4.65. The van der Waals surface area contributed by atoms with Gasteiger partial charge in [-0.05, 0) is 18.7 Å². The number of hydrogen-bond donors (Lipinski definition) is 1. The summed E-state index contributed by atoms with van der Waals surface area (Å²) in [5.74, 6) is 0.267. The molecule has 4 nitrogen and oxygen atoms in total. The Balaban J connectivity index is 2.57. The molecule has 1 atom stereocenters. The van der Waals surface area contributed by atoms with Crippen molar-refractivity contribution in [3.05, 3.63) is 23.4 Å². The molecule has 0 aliphatic heterocycles. The van der Waals surface area contributed by atoms with E-state index in [4.69, 9.17) is 16.3 Å². The highest BCUT2D eigenvalue weighted by molar-refractivity contribution is 7.99. The number of methoxy groups -OCH3 is 1. The molecule has 17 heavy (non-hydrogen) atoms. The van der Waals surface area contributed by atoms with Crippen LogP contribution >= 0.6 is 23.4 Å². The van der Waals surface area contributed by atoms with Crippen LogP contribution in [0.2, 0.25) is 5.02 Å². The van der Waals surface area contributed by atoms with Gasteiger partial charge < -0.3 is 10.1 Å². The minimum absolute atomic E-state index is 0.272. The summed E-state index contributed by atoms with van der Waals surface area (Å²) in [4.78, 5) is 15.6. The molecule has 0 aromatic carbocycles. The van der Waals surface area contributed by atoms with Crippen molar-refractivity contribution in [2.75, 3.05) is 19.4 Å². The van der Waals surface area contributed by atoms with Crippen LogP contribution in [0.1, 0.15) is 6.92 Å². The predicted molar refractivity (Wildman–Crippen MR) is 69.5 cm³/mol. The molecule has 1 aromatic rings. The SMILES string of the molecule is CCNC(CSc1ncccc1Cl)C(=O)OC. The summed E-state index contributed by atoms with van der Waals surface area (Å²) >= 11 is 7.41. The number of aromatic nitrogens is 1. The fraction of sp³-hybridized carbons (Fsp3) is 0.455. The fourth-order valence-electron chi connectivity index (χ4n) is 1.24. The molecule has 0 radical (unpaired) electrons. The molecule has 1 aromatic heterocycles. The van der Waals surface area contributed by atoms with Crippen LogP contribution in [-0.2, 0) is 9.53 Å². The van der Waals surface area contributed by atoms with Crippen LogP contribution in [-0.4, -0.2) is 36.4 Å². The first-order chi connectivity index (χ1) is 8.19. The minimum Gasteiger partial charge on any atom is -0.468 e. The van der Waals surface area contributed by atoms with E-state index in [1.54, 1.807) is 18.3 Å². The lowest BCUT2D eigenvalue weighted by atomic mass is 10.3. The molecule has 0 bridgehead atoms. The number of nitrogens with zero attached hydrogens (tertiary/aromatic N) is 1. The molecule has 1 rings (SSSR count). The second-order valence-electron chi connectivity index (χ2n) is 3.23. The molecule has 1 heterocycles. The first kappa shape index (κ1) is 14.3. The lowest BCUT2D eigenvalue weighted by Crippen LogP contribution is -2.39. The van der Waals surface area contributed by atoms with Gasteiger partial charge in [-0.2, -0.15) is 0 Å². The van der Waals surface area contributed by atoms with Gasteiger partial charge in [0.1, 0.15) is 11.1 Å². The molecular weight excluding hydrogens is 260 g/mol. The molecule has 6 heteroatoms.